The first-order chi connectivity index (χ1) is 15.8. The lowest BCUT2D eigenvalue weighted by atomic mass is 10.0. The largest absolute Gasteiger partial charge is 0.464 e. The Morgan fingerprint density at radius 3 is 2.47 bits per heavy atom. The van der Waals surface area contributed by atoms with Gasteiger partial charge in [0.1, 0.15) is 17.1 Å². The summed E-state index contributed by atoms with van der Waals surface area (Å²) in [5.41, 5.74) is 11.5. The highest BCUT2D eigenvalue weighted by molar-refractivity contribution is 6.06. The molecule has 0 saturated carbocycles. The smallest absolute Gasteiger partial charge is 0.153 e. The molecule has 0 fully saturated rings. The van der Waals surface area contributed by atoms with Crippen molar-refractivity contribution in [3.8, 4) is 33.9 Å². The van der Waals surface area contributed by atoms with E-state index in [1.165, 1.54) is 0 Å². The van der Waals surface area contributed by atoms with Crippen molar-refractivity contribution in [2.75, 3.05) is 5.73 Å². The molecule has 6 nitrogen and oxygen atoms in total. The Morgan fingerprint density at radius 2 is 1.62 bits per heavy atom. The van der Waals surface area contributed by atoms with Crippen LogP contribution in [-0.2, 0) is 0 Å². The number of anilines is 1. The van der Waals surface area contributed by atoms with Gasteiger partial charge in [-0.2, -0.15) is 5.10 Å². The minimum atomic E-state index is 0.438. The Labute approximate surface area is 183 Å². The molecule has 0 spiro atoms. The minimum absolute atomic E-state index is 0.438. The number of rotatable bonds is 4. The lowest BCUT2D eigenvalue weighted by molar-refractivity contribution is 0.483. The molecule has 0 bridgehead atoms. The van der Waals surface area contributed by atoms with Crippen LogP contribution in [0.4, 0.5) is 5.82 Å². The first kappa shape index (κ1) is 18.2. The van der Waals surface area contributed by atoms with Crippen molar-refractivity contribution >= 4 is 27.7 Å². The van der Waals surface area contributed by atoms with Crippen LogP contribution in [0.3, 0.4) is 0 Å². The number of nitrogen functional groups attached to an aromatic ring is 1. The second-order valence-corrected chi connectivity index (χ2v) is 7.49. The number of hydrogen-bond acceptors (Lipinski definition) is 5. The molecular weight excluding hydrogens is 400 g/mol. The van der Waals surface area contributed by atoms with Crippen molar-refractivity contribution in [1.82, 2.24) is 15.2 Å². The number of fused-ring (bicyclic) bond motifs is 2. The fraction of sp³-hybridized carbons (Fsp3) is 0. The fourth-order valence-corrected chi connectivity index (χ4v) is 3.94. The van der Waals surface area contributed by atoms with Crippen LogP contribution in [0.15, 0.2) is 95.7 Å². The number of nitrogens with two attached hydrogens (primary N) is 1. The fourth-order valence-electron chi connectivity index (χ4n) is 3.94. The summed E-state index contributed by atoms with van der Waals surface area (Å²) >= 11 is 0. The summed E-state index contributed by atoms with van der Waals surface area (Å²) in [6.07, 6.45) is 3.52. The molecule has 0 aliphatic rings. The average molecular weight is 418 g/mol. The highest BCUT2D eigenvalue weighted by Crippen LogP contribution is 2.37. The number of para-hydroxylation sites is 1. The zero-order valence-corrected chi connectivity index (χ0v) is 16.9. The van der Waals surface area contributed by atoms with E-state index in [9.17, 15) is 0 Å². The Morgan fingerprint density at radius 1 is 0.844 bits per heavy atom. The monoisotopic (exact) mass is 418 g/mol. The molecule has 0 radical (unpaired) electrons. The van der Waals surface area contributed by atoms with Gasteiger partial charge in [0.15, 0.2) is 5.82 Å². The number of H-pyrrole nitrogens is 1. The molecule has 0 unspecified atom stereocenters. The van der Waals surface area contributed by atoms with Gasteiger partial charge in [-0.1, -0.05) is 30.3 Å². The molecule has 3 N–H and O–H groups in total. The van der Waals surface area contributed by atoms with Crippen molar-refractivity contribution < 1.29 is 9.15 Å². The molecule has 3 heterocycles. The molecule has 0 aliphatic heterocycles. The maximum Gasteiger partial charge on any atom is 0.153 e. The van der Waals surface area contributed by atoms with E-state index < -0.39 is 0 Å². The summed E-state index contributed by atoms with van der Waals surface area (Å²) < 4.78 is 11.4. The highest BCUT2D eigenvalue weighted by Gasteiger charge is 2.16. The number of benzene rings is 3. The maximum atomic E-state index is 6.26. The third-order valence-electron chi connectivity index (χ3n) is 5.49. The number of aromatic nitrogens is 3. The number of aromatic amines is 1. The summed E-state index contributed by atoms with van der Waals surface area (Å²) in [5, 5.41) is 9.19. The molecule has 6 heteroatoms. The molecule has 154 valence electrons. The van der Waals surface area contributed by atoms with Crippen LogP contribution in [0, 0.1) is 0 Å². The molecule has 0 saturated heterocycles. The van der Waals surface area contributed by atoms with E-state index >= 15 is 0 Å². The van der Waals surface area contributed by atoms with Crippen molar-refractivity contribution in [3.05, 3.63) is 91.3 Å². The zero-order valence-electron chi connectivity index (χ0n) is 16.9. The van der Waals surface area contributed by atoms with Crippen LogP contribution in [0.1, 0.15) is 0 Å². The van der Waals surface area contributed by atoms with Crippen molar-refractivity contribution in [2.45, 2.75) is 0 Å². The summed E-state index contributed by atoms with van der Waals surface area (Å²) in [6.45, 7) is 0. The second kappa shape index (κ2) is 7.28. The number of nitrogens with zero attached hydrogens (tertiary/aromatic N) is 2. The maximum absolute atomic E-state index is 6.26. The number of nitrogens with one attached hydrogen (secondary N) is 1. The van der Waals surface area contributed by atoms with Crippen LogP contribution in [-0.4, -0.2) is 15.2 Å². The minimum Gasteiger partial charge on any atom is -0.464 e. The van der Waals surface area contributed by atoms with Crippen molar-refractivity contribution in [3.63, 3.8) is 0 Å². The summed E-state index contributed by atoms with van der Waals surface area (Å²) in [7, 11) is 0. The van der Waals surface area contributed by atoms with Crippen LogP contribution in [0.5, 0.6) is 11.5 Å². The van der Waals surface area contributed by atoms with Gasteiger partial charge in [-0.25, -0.2) is 0 Å². The topological polar surface area (TPSA) is 90.0 Å². The predicted molar refractivity (Wildman–Crippen MR) is 125 cm³/mol. The lowest BCUT2D eigenvalue weighted by Crippen LogP contribution is -1.91. The van der Waals surface area contributed by atoms with Crippen LogP contribution in [0.25, 0.3) is 44.3 Å². The zero-order chi connectivity index (χ0) is 21.5. The summed E-state index contributed by atoms with van der Waals surface area (Å²) in [6, 6.07) is 25.5. The van der Waals surface area contributed by atoms with E-state index in [4.69, 9.17) is 19.9 Å². The van der Waals surface area contributed by atoms with E-state index in [2.05, 4.69) is 10.2 Å². The molecule has 6 aromatic rings. The molecule has 0 atom stereocenters. The third-order valence-corrected chi connectivity index (χ3v) is 5.49. The van der Waals surface area contributed by atoms with Gasteiger partial charge in [0.25, 0.3) is 0 Å². The molecule has 6 rings (SSSR count). The van der Waals surface area contributed by atoms with Crippen LogP contribution < -0.4 is 10.5 Å². The Hall–Kier alpha value is -4.58. The predicted octanol–water partition coefficient (Wildman–Crippen LogP) is 6.41. The van der Waals surface area contributed by atoms with Gasteiger partial charge in [-0.3, -0.25) is 10.1 Å². The third kappa shape index (κ3) is 3.06. The molecule has 3 aromatic carbocycles. The van der Waals surface area contributed by atoms with Crippen LogP contribution in [0.2, 0.25) is 0 Å². The summed E-state index contributed by atoms with van der Waals surface area (Å²) in [5.74, 6) is 1.99. The van der Waals surface area contributed by atoms with Gasteiger partial charge in [0, 0.05) is 22.7 Å². The molecule has 32 heavy (non-hydrogen) atoms. The van der Waals surface area contributed by atoms with Gasteiger partial charge in [-0.05, 0) is 54.1 Å². The van der Waals surface area contributed by atoms with E-state index in [-0.39, 0.29) is 0 Å². The van der Waals surface area contributed by atoms with Gasteiger partial charge in [0.05, 0.1) is 22.9 Å². The Kier molecular flexibility index (Phi) is 4.14. The first-order valence-electron chi connectivity index (χ1n) is 10.2. The van der Waals surface area contributed by atoms with E-state index in [0.29, 0.717) is 5.82 Å². The number of pyridine rings is 1. The number of hydrogen-bond donors (Lipinski definition) is 2. The summed E-state index contributed by atoms with van der Waals surface area (Å²) in [4.78, 5) is 4.76. The van der Waals surface area contributed by atoms with Crippen molar-refractivity contribution in [2.24, 2.45) is 0 Å². The quantitative estimate of drug-likeness (QED) is 0.345. The number of ether oxygens (including phenoxy) is 1. The highest BCUT2D eigenvalue weighted by atomic mass is 16.5. The van der Waals surface area contributed by atoms with Crippen LogP contribution >= 0.6 is 0 Å². The normalized spacial score (nSPS) is 11.2. The standard InChI is InChI=1S/C26H18N4O2/c27-26-23-21(16-6-9-20(10-7-16)32-19-4-2-1-3-5-19)15-28-24(25(23)29-30-26)18-8-11-22-17(14-18)12-13-31-22/h1-15H,(H3,27,29,30). The second-order valence-electron chi connectivity index (χ2n) is 7.49. The average Bonchev–Trinajstić information content (AvgIpc) is 3.46. The van der Waals surface area contributed by atoms with Gasteiger partial charge in [0.2, 0.25) is 0 Å². The molecular formula is C26H18N4O2. The SMILES string of the molecule is Nc1n[nH]c2c(-c3ccc4occc4c3)ncc(-c3ccc(Oc4ccccc4)cc3)c12. The Bertz CT molecular complexity index is 1550. The van der Waals surface area contributed by atoms with E-state index in [0.717, 1.165) is 55.8 Å². The van der Waals surface area contributed by atoms with E-state index in [1.54, 1.807) is 6.26 Å². The van der Waals surface area contributed by atoms with Gasteiger partial charge in [-0.15, -0.1) is 0 Å². The first-order valence-corrected chi connectivity index (χ1v) is 10.2. The molecule has 0 aliphatic carbocycles. The molecule has 0 amide bonds. The van der Waals surface area contributed by atoms with E-state index in [1.807, 2.05) is 85.1 Å². The lowest BCUT2D eigenvalue weighted by Gasteiger charge is -2.10. The van der Waals surface area contributed by atoms with Gasteiger partial charge >= 0.3 is 0 Å². The number of furan rings is 1. The van der Waals surface area contributed by atoms with Gasteiger partial charge < -0.3 is 14.9 Å². The molecule has 3 aromatic heterocycles. The Balaban J connectivity index is 1.41. The van der Waals surface area contributed by atoms with Crippen molar-refractivity contribution in [1.29, 1.82) is 0 Å².